The third-order valence-electron chi connectivity index (χ3n) is 8.99. The van der Waals surface area contributed by atoms with Crippen LogP contribution in [0.1, 0.15) is 72.7 Å². The van der Waals surface area contributed by atoms with E-state index in [2.05, 4.69) is 55.4 Å². The van der Waals surface area contributed by atoms with Gasteiger partial charge in [-0.05, 0) is 34.7 Å². The standard InChI is InChI=1S/C32H52N2O9Si2/c1-21(2)44(22(3)4)40-19-27-28(42-45(43-44,23(5)6)24(7)8)29(39-16-15-35)31(41-27)33-17-25(9)30(36)34(32(33)37)20-38-18-26-13-11-10-12-14-26/h10-14,17,21-24,27-29,31,35H,15-16,18-20H2,1-9H3/t27-,28-,29-,31-/m1/s1. The fourth-order valence-electron chi connectivity index (χ4n) is 6.60. The summed E-state index contributed by atoms with van der Waals surface area (Å²) in [6.45, 7) is 18.8. The maximum atomic E-state index is 13.9. The SMILES string of the molecule is Cc1cn([C@@H]2O[C@@H]3CO[Si](C(C)C)(C(C)C)O[Si](C(C)C)(C(C)C)O[C@H]3[C@H]2OCCO)c(=O)n(COCc2ccccc2)c1=O. The van der Waals surface area contributed by atoms with Crippen molar-refractivity contribution < 1.29 is 32.3 Å². The molecular weight excluding hydrogens is 613 g/mol. The maximum Gasteiger partial charge on any atom is 0.335 e. The first-order chi connectivity index (χ1) is 21.3. The van der Waals surface area contributed by atoms with Crippen molar-refractivity contribution in [3.8, 4) is 0 Å². The van der Waals surface area contributed by atoms with Crippen molar-refractivity contribution in [2.24, 2.45) is 0 Å². The average Bonchev–Trinajstić information content (AvgIpc) is 3.31. The average molecular weight is 665 g/mol. The number of benzene rings is 1. The Kier molecular flexibility index (Phi) is 11.9. The second kappa shape index (κ2) is 14.9. The molecule has 45 heavy (non-hydrogen) atoms. The largest absolute Gasteiger partial charge is 0.414 e. The van der Waals surface area contributed by atoms with Gasteiger partial charge in [0.05, 0.1) is 26.4 Å². The minimum absolute atomic E-state index is 0.0148. The second-order valence-electron chi connectivity index (χ2n) is 13.4. The van der Waals surface area contributed by atoms with Gasteiger partial charge in [-0.1, -0.05) is 85.7 Å². The van der Waals surface area contributed by atoms with E-state index >= 15 is 0 Å². The number of ether oxygens (including phenoxy) is 3. The summed E-state index contributed by atoms with van der Waals surface area (Å²) < 4.78 is 42.5. The van der Waals surface area contributed by atoms with Crippen molar-refractivity contribution in [3.63, 3.8) is 0 Å². The van der Waals surface area contributed by atoms with Crippen LogP contribution in [0.2, 0.25) is 22.2 Å². The van der Waals surface area contributed by atoms with Crippen molar-refractivity contribution in [3.05, 3.63) is 68.5 Å². The number of nitrogens with zero attached hydrogens (tertiary/aromatic N) is 2. The molecule has 0 aliphatic carbocycles. The number of aliphatic hydroxyl groups excluding tert-OH is 1. The molecule has 2 aliphatic heterocycles. The number of rotatable bonds is 12. The molecule has 0 amide bonds. The summed E-state index contributed by atoms with van der Waals surface area (Å²) in [5.74, 6) is 0. The molecule has 0 spiro atoms. The third-order valence-corrected chi connectivity index (χ3v) is 19.2. The van der Waals surface area contributed by atoms with E-state index in [0.717, 1.165) is 10.1 Å². The first-order valence-corrected chi connectivity index (χ1v) is 20.1. The number of hydrogen-bond acceptors (Lipinski definition) is 9. The highest BCUT2D eigenvalue weighted by molar-refractivity contribution is 6.84. The van der Waals surface area contributed by atoms with Crippen LogP contribution in [0.3, 0.4) is 0 Å². The summed E-state index contributed by atoms with van der Waals surface area (Å²) in [4.78, 5) is 27.1. The maximum absolute atomic E-state index is 13.9. The van der Waals surface area contributed by atoms with Gasteiger partial charge in [-0.3, -0.25) is 9.36 Å². The van der Waals surface area contributed by atoms with Crippen molar-refractivity contribution in [2.45, 2.75) is 122 Å². The van der Waals surface area contributed by atoms with E-state index in [1.54, 1.807) is 6.92 Å². The molecule has 0 radical (unpaired) electrons. The molecule has 252 valence electrons. The Morgan fingerprint density at radius 3 is 2.16 bits per heavy atom. The van der Waals surface area contributed by atoms with E-state index in [1.165, 1.54) is 10.8 Å². The Hall–Kier alpha value is -1.95. The van der Waals surface area contributed by atoms with Gasteiger partial charge in [0.1, 0.15) is 25.0 Å². The topological polar surface area (TPSA) is 120 Å². The zero-order chi connectivity index (χ0) is 33.1. The minimum Gasteiger partial charge on any atom is -0.414 e. The lowest BCUT2D eigenvalue weighted by Crippen LogP contribution is -2.66. The monoisotopic (exact) mass is 664 g/mol. The third kappa shape index (κ3) is 7.16. The van der Waals surface area contributed by atoms with Crippen LogP contribution in [-0.2, 0) is 40.5 Å². The molecule has 1 aromatic heterocycles. The van der Waals surface area contributed by atoms with Crippen LogP contribution in [0, 0.1) is 6.92 Å². The quantitative estimate of drug-likeness (QED) is 0.322. The van der Waals surface area contributed by atoms with Crippen LogP contribution in [0.25, 0.3) is 0 Å². The predicted octanol–water partition coefficient (Wildman–Crippen LogP) is 4.72. The molecule has 0 bridgehead atoms. The molecule has 2 saturated heterocycles. The zero-order valence-electron chi connectivity index (χ0n) is 28.2. The van der Waals surface area contributed by atoms with E-state index in [4.69, 9.17) is 27.2 Å². The second-order valence-corrected chi connectivity index (χ2v) is 22.2. The molecule has 3 heterocycles. The number of fused-ring (bicyclic) bond motifs is 1. The molecule has 1 aromatic carbocycles. The lowest BCUT2D eigenvalue weighted by molar-refractivity contribution is -0.0796. The van der Waals surface area contributed by atoms with Crippen LogP contribution in [0.15, 0.2) is 46.1 Å². The van der Waals surface area contributed by atoms with Gasteiger partial charge in [-0.25, -0.2) is 9.36 Å². The van der Waals surface area contributed by atoms with Crippen LogP contribution in [0.4, 0.5) is 0 Å². The van der Waals surface area contributed by atoms with Gasteiger partial charge in [-0.15, -0.1) is 0 Å². The molecule has 2 aliphatic rings. The van der Waals surface area contributed by atoms with Gasteiger partial charge >= 0.3 is 22.8 Å². The smallest absolute Gasteiger partial charge is 0.335 e. The molecule has 1 N–H and O–H groups in total. The molecule has 13 heteroatoms. The fourth-order valence-corrected chi connectivity index (χ4v) is 17.8. The highest BCUT2D eigenvalue weighted by atomic mass is 28.5. The van der Waals surface area contributed by atoms with E-state index in [1.807, 2.05) is 30.3 Å². The molecule has 4 rings (SSSR count). The number of aliphatic hydroxyl groups is 1. The van der Waals surface area contributed by atoms with Crippen molar-refractivity contribution >= 4 is 17.1 Å². The Bertz CT molecular complexity index is 1360. The Morgan fingerprint density at radius 2 is 1.58 bits per heavy atom. The number of hydrogen-bond donors (Lipinski definition) is 1. The highest BCUT2D eigenvalue weighted by Crippen LogP contribution is 2.48. The zero-order valence-corrected chi connectivity index (χ0v) is 30.2. The van der Waals surface area contributed by atoms with E-state index in [-0.39, 0.29) is 55.3 Å². The van der Waals surface area contributed by atoms with Crippen molar-refractivity contribution in [2.75, 3.05) is 19.8 Å². The van der Waals surface area contributed by atoms with E-state index in [9.17, 15) is 14.7 Å². The summed E-state index contributed by atoms with van der Waals surface area (Å²) in [6, 6.07) is 9.55. The molecule has 0 unspecified atom stereocenters. The van der Waals surface area contributed by atoms with Crippen LogP contribution in [-0.4, -0.2) is 69.5 Å². The Balaban J connectivity index is 1.76. The molecule has 2 fully saturated rings. The number of aryl methyl sites for hydroxylation is 1. The number of aromatic nitrogens is 2. The summed E-state index contributed by atoms with van der Waals surface area (Å²) in [5.41, 5.74) is 0.728. The van der Waals surface area contributed by atoms with E-state index < -0.39 is 52.9 Å². The summed E-state index contributed by atoms with van der Waals surface area (Å²) >= 11 is 0. The van der Waals surface area contributed by atoms with Crippen LogP contribution >= 0.6 is 0 Å². The molecule has 4 atom stereocenters. The fraction of sp³-hybridized carbons (Fsp3) is 0.688. The van der Waals surface area contributed by atoms with Crippen molar-refractivity contribution in [1.82, 2.24) is 9.13 Å². The minimum atomic E-state index is -3.02. The van der Waals surface area contributed by atoms with E-state index in [0.29, 0.717) is 5.56 Å². The first kappa shape index (κ1) is 35.9. The van der Waals surface area contributed by atoms with Crippen LogP contribution in [0.5, 0.6) is 0 Å². The van der Waals surface area contributed by atoms with Gasteiger partial charge < -0.3 is 32.3 Å². The van der Waals surface area contributed by atoms with Crippen molar-refractivity contribution in [1.29, 1.82) is 0 Å². The molecule has 11 nitrogen and oxygen atoms in total. The lowest BCUT2D eigenvalue weighted by Gasteiger charge is -2.51. The van der Waals surface area contributed by atoms with Gasteiger partial charge in [0.2, 0.25) is 0 Å². The Morgan fingerprint density at radius 1 is 0.956 bits per heavy atom. The van der Waals surface area contributed by atoms with Gasteiger partial charge in [0, 0.05) is 11.8 Å². The highest BCUT2D eigenvalue weighted by Gasteiger charge is 2.62. The van der Waals surface area contributed by atoms with Gasteiger partial charge in [-0.2, -0.15) is 0 Å². The summed E-state index contributed by atoms with van der Waals surface area (Å²) in [7, 11) is -5.84. The lowest BCUT2D eigenvalue weighted by atomic mass is 10.1. The molecular formula is C32H52N2O9Si2. The van der Waals surface area contributed by atoms with Gasteiger partial charge in [0.15, 0.2) is 6.23 Å². The molecule has 2 aromatic rings. The first-order valence-electron chi connectivity index (χ1n) is 16.1. The molecule has 0 saturated carbocycles. The van der Waals surface area contributed by atoms with Crippen LogP contribution < -0.4 is 11.2 Å². The predicted molar refractivity (Wildman–Crippen MR) is 175 cm³/mol. The Labute approximate surface area is 268 Å². The summed E-state index contributed by atoms with van der Waals surface area (Å²) in [6.07, 6.45) is -1.42. The summed E-state index contributed by atoms with van der Waals surface area (Å²) in [5, 5.41) is 9.75. The van der Waals surface area contributed by atoms with Gasteiger partial charge in [0.25, 0.3) is 5.56 Å². The normalized spacial score (nSPS) is 24.8.